The third-order valence-electron chi connectivity index (χ3n) is 0.897. The average Bonchev–Trinajstić information content (AvgIpc) is 1.82. The molecule has 0 aliphatic rings. The highest BCUT2D eigenvalue weighted by molar-refractivity contribution is 5.94. The molecule has 0 atom stereocenters. The minimum absolute atomic E-state index is 0.169. The third-order valence-corrected chi connectivity index (χ3v) is 0.897. The molecule has 4 N–H and O–H groups in total. The number of aliphatic carboxylic acids is 1. The second kappa shape index (κ2) is 4.89. The van der Waals surface area contributed by atoms with Crippen molar-refractivity contribution in [2.24, 2.45) is 5.84 Å². The van der Waals surface area contributed by atoms with Gasteiger partial charge in [0, 0.05) is 13.0 Å². The predicted molar refractivity (Wildman–Crippen MR) is 34.1 cm³/mol. The van der Waals surface area contributed by atoms with Crippen molar-refractivity contribution in [1.29, 1.82) is 0 Å². The Hall–Kier alpha value is -0.940. The standard InChI is InChI=1S/C5H10N2O3/c6-7-2-1-4(8)3-5(9)10/h7H,1-3,6H2,(H,9,10). The zero-order chi connectivity index (χ0) is 7.98. The normalized spacial score (nSPS) is 9.30. The molecule has 5 heteroatoms. The second-order valence-corrected chi connectivity index (χ2v) is 1.81. The summed E-state index contributed by atoms with van der Waals surface area (Å²) in [7, 11) is 0. The lowest BCUT2D eigenvalue weighted by atomic mass is 10.2. The van der Waals surface area contributed by atoms with E-state index in [9.17, 15) is 9.59 Å². The fraction of sp³-hybridized carbons (Fsp3) is 0.600. The van der Waals surface area contributed by atoms with Crippen LogP contribution in [0, 0.1) is 0 Å². The highest BCUT2D eigenvalue weighted by atomic mass is 16.4. The topological polar surface area (TPSA) is 92.4 Å². The number of nitrogens with two attached hydrogens (primary N) is 1. The van der Waals surface area contributed by atoms with E-state index in [0.29, 0.717) is 6.54 Å². The van der Waals surface area contributed by atoms with E-state index in [1.807, 2.05) is 0 Å². The van der Waals surface area contributed by atoms with Crippen molar-refractivity contribution in [3.05, 3.63) is 0 Å². The molecule has 58 valence electrons. The number of carboxylic acid groups (broad SMARTS) is 1. The van der Waals surface area contributed by atoms with Gasteiger partial charge in [-0.2, -0.15) is 0 Å². The van der Waals surface area contributed by atoms with Crippen LogP contribution in [0.25, 0.3) is 0 Å². The number of Topliss-reactive ketones (excluding diaryl/α,β-unsaturated/α-hetero) is 1. The van der Waals surface area contributed by atoms with Gasteiger partial charge in [-0.25, -0.2) is 0 Å². The molecule has 0 saturated carbocycles. The molecular formula is C5H10N2O3. The first-order chi connectivity index (χ1) is 4.66. The molecule has 10 heavy (non-hydrogen) atoms. The molecule has 0 aromatic heterocycles. The van der Waals surface area contributed by atoms with Gasteiger partial charge in [0.1, 0.15) is 12.2 Å². The summed E-state index contributed by atoms with van der Waals surface area (Å²) >= 11 is 0. The van der Waals surface area contributed by atoms with Crippen LogP contribution in [0.15, 0.2) is 0 Å². The van der Waals surface area contributed by atoms with Gasteiger partial charge in [-0.15, -0.1) is 0 Å². The third kappa shape index (κ3) is 5.20. The van der Waals surface area contributed by atoms with Gasteiger partial charge in [0.25, 0.3) is 0 Å². The molecule has 0 aromatic rings. The Morgan fingerprint density at radius 2 is 2.10 bits per heavy atom. The van der Waals surface area contributed by atoms with Crippen LogP contribution in [0.2, 0.25) is 0 Å². The maximum absolute atomic E-state index is 10.5. The molecule has 5 nitrogen and oxygen atoms in total. The highest BCUT2D eigenvalue weighted by Gasteiger charge is 2.05. The number of hydrogen-bond acceptors (Lipinski definition) is 4. The number of carboxylic acids is 1. The SMILES string of the molecule is NNCCC(=O)CC(=O)O. The molecule has 0 amide bonds. The largest absolute Gasteiger partial charge is 0.481 e. The Morgan fingerprint density at radius 3 is 2.50 bits per heavy atom. The molecule has 0 saturated heterocycles. The molecule has 0 spiro atoms. The highest BCUT2D eigenvalue weighted by Crippen LogP contribution is 1.87. The zero-order valence-corrected chi connectivity index (χ0v) is 5.46. The number of carbonyl (C=O) groups is 2. The Balaban J connectivity index is 3.35. The van der Waals surface area contributed by atoms with Gasteiger partial charge in [-0.05, 0) is 0 Å². The molecular weight excluding hydrogens is 136 g/mol. The number of nitrogens with one attached hydrogen (secondary N) is 1. The molecule has 0 fully saturated rings. The van der Waals surface area contributed by atoms with Gasteiger partial charge in [0.2, 0.25) is 0 Å². The van der Waals surface area contributed by atoms with Gasteiger partial charge < -0.3 is 5.11 Å². The van der Waals surface area contributed by atoms with Gasteiger partial charge in [0.15, 0.2) is 0 Å². The van der Waals surface area contributed by atoms with Crippen LogP contribution in [0.5, 0.6) is 0 Å². The molecule has 0 bridgehead atoms. The zero-order valence-electron chi connectivity index (χ0n) is 5.46. The summed E-state index contributed by atoms with van der Waals surface area (Å²) in [6.07, 6.45) is -0.246. The smallest absolute Gasteiger partial charge is 0.310 e. The molecule has 0 aliphatic carbocycles. The minimum atomic E-state index is -1.10. The molecule has 0 radical (unpaired) electrons. The summed E-state index contributed by atoms with van der Waals surface area (Å²) in [4.78, 5) is 20.4. The first kappa shape index (κ1) is 9.06. The Kier molecular flexibility index (Phi) is 4.43. The summed E-state index contributed by atoms with van der Waals surface area (Å²) in [6.45, 7) is 0.326. The van der Waals surface area contributed by atoms with Crippen molar-refractivity contribution < 1.29 is 14.7 Å². The lowest BCUT2D eigenvalue weighted by molar-refractivity contribution is -0.140. The predicted octanol–water partition coefficient (Wildman–Crippen LogP) is -1.12. The number of rotatable bonds is 5. The van der Waals surface area contributed by atoms with E-state index in [1.165, 1.54) is 0 Å². The van der Waals surface area contributed by atoms with Crippen LogP contribution in [-0.4, -0.2) is 23.4 Å². The minimum Gasteiger partial charge on any atom is -0.481 e. The van der Waals surface area contributed by atoms with E-state index in [4.69, 9.17) is 10.9 Å². The molecule has 0 rings (SSSR count). The number of hydrazine groups is 1. The lowest BCUT2D eigenvalue weighted by Crippen LogP contribution is -2.25. The quantitative estimate of drug-likeness (QED) is 0.259. The Labute approximate surface area is 58.2 Å². The van der Waals surface area contributed by atoms with Gasteiger partial charge in [-0.1, -0.05) is 0 Å². The first-order valence-corrected chi connectivity index (χ1v) is 2.83. The summed E-state index contributed by atoms with van der Waals surface area (Å²) in [5.41, 5.74) is 2.26. The van der Waals surface area contributed by atoms with Crippen molar-refractivity contribution in [2.45, 2.75) is 12.8 Å². The molecule has 0 heterocycles. The van der Waals surface area contributed by atoms with E-state index in [0.717, 1.165) is 0 Å². The summed E-state index contributed by atoms with van der Waals surface area (Å²) in [5.74, 6) is 3.45. The fourth-order valence-corrected chi connectivity index (χ4v) is 0.469. The van der Waals surface area contributed by atoms with Gasteiger partial charge in [0.05, 0.1) is 0 Å². The maximum Gasteiger partial charge on any atom is 0.310 e. The molecule has 0 aromatic carbocycles. The van der Waals surface area contributed by atoms with Crippen molar-refractivity contribution in [2.75, 3.05) is 6.54 Å². The summed E-state index contributed by atoms with van der Waals surface area (Å²) in [5, 5.41) is 8.11. The van der Waals surface area contributed by atoms with Crippen LogP contribution >= 0.6 is 0 Å². The summed E-state index contributed by atoms with van der Waals surface area (Å²) < 4.78 is 0. The van der Waals surface area contributed by atoms with Crippen LogP contribution < -0.4 is 11.3 Å². The van der Waals surface area contributed by atoms with Crippen molar-refractivity contribution >= 4 is 11.8 Å². The average molecular weight is 146 g/mol. The van der Waals surface area contributed by atoms with Crippen molar-refractivity contribution in [3.8, 4) is 0 Å². The van der Waals surface area contributed by atoms with Gasteiger partial charge >= 0.3 is 5.97 Å². The van der Waals surface area contributed by atoms with Crippen molar-refractivity contribution in [1.82, 2.24) is 5.43 Å². The Morgan fingerprint density at radius 1 is 1.50 bits per heavy atom. The maximum atomic E-state index is 10.5. The van der Waals surface area contributed by atoms with Crippen LogP contribution in [0.3, 0.4) is 0 Å². The summed E-state index contributed by atoms with van der Waals surface area (Å²) in [6, 6.07) is 0. The number of ketones is 1. The second-order valence-electron chi connectivity index (χ2n) is 1.81. The Bertz CT molecular complexity index is 135. The van der Waals surface area contributed by atoms with E-state index >= 15 is 0 Å². The van der Waals surface area contributed by atoms with E-state index < -0.39 is 12.4 Å². The monoisotopic (exact) mass is 146 g/mol. The van der Waals surface area contributed by atoms with Crippen LogP contribution in [0.1, 0.15) is 12.8 Å². The first-order valence-electron chi connectivity index (χ1n) is 2.83. The van der Waals surface area contributed by atoms with Crippen LogP contribution in [-0.2, 0) is 9.59 Å². The van der Waals surface area contributed by atoms with Gasteiger partial charge in [-0.3, -0.25) is 20.9 Å². The molecule has 0 aliphatic heterocycles. The fourth-order valence-electron chi connectivity index (χ4n) is 0.469. The van der Waals surface area contributed by atoms with E-state index in [-0.39, 0.29) is 12.2 Å². The number of hydrogen-bond donors (Lipinski definition) is 3. The molecule has 0 unspecified atom stereocenters. The van der Waals surface area contributed by atoms with E-state index in [2.05, 4.69) is 5.43 Å². The van der Waals surface area contributed by atoms with E-state index in [1.54, 1.807) is 0 Å². The van der Waals surface area contributed by atoms with Crippen LogP contribution in [0.4, 0.5) is 0 Å². The van der Waals surface area contributed by atoms with Crippen molar-refractivity contribution in [3.63, 3.8) is 0 Å². The lowest BCUT2D eigenvalue weighted by Gasteiger charge is -1.94. The number of carbonyl (C=O) groups excluding carboxylic acids is 1.